The summed E-state index contributed by atoms with van der Waals surface area (Å²) in [7, 11) is -4.21. The highest BCUT2D eigenvalue weighted by molar-refractivity contribution is 7.90. The number of rotatable bonds is 6. The summed E-state index contributed by atoms with van der Waals surface area (Å²) in [5.74, 6) is -1.56. The maximum Gasteiger partial charge on any atom is 0.335 e. The molecule has 44 heavy (non-hydrogen) atoms. The van der Waals surface area contributed by atoms with Gasteiger partial charge in [0.25, 0.3) is 10.0 Å². The van der Waals surface area contributed by atoms with Crippen LogP contribution in [-0.4, -0.2) is 23.5 Å². The zero-order chi connectivity index (χ0) is 30.6. The van der Waals surface area contributed by atoms with Crippen LogP contribution in [0.25, 0.3) is 44.4 Å². The molecule has 9 heteroatoms. The quantitative estimate of drug-likeness (QED) is 0.203. The zero-order valence-corrected chi connectivity index (χ0v) is 24.8. The van der Waals surface area contributed by atoms with Crippen molar-refractivity contribution >= 4 is 38.2 Å². The highest BCUT2D eigenvalue weighted by Gasteiger charge is 2.31. The first kappa shape index (κ1) is 27.8. The molecule has 0 atom stereocenters. The van der Waals surface area contributed by atoms with E-state index in [0.717, 1.165) is 41.5 Å². The van der Waals surface area contributed by atoms with Crippen molar-refractivity contribution in [1.29, 1.82) is 5.26 Å². The van der Waals surface area contributed by atoms with Gasteiger partial charge in [0.1, 0.15) is 16.8 Å². The molecule has 6 nitrogen and oxygen atoms in total. The van der Waals surface area contributed by atoms with Gasteiger partial charge in [0.05, 0.1) is 21.7 Å². The Kier molecular flexibility index (Phi) is 6.69. The van der Waals surface area contributed by atoms with E-state index in [4.69, 9.17) is 0 Å². The van der Waals surface area contributed by atoms with Gasteiger partial charge in [-0.05, 0) is 101 Å². The van der Waals surface area contributed by atoms with E-state index in [1.807, 2.05) is 18.2 Å². The number of nitrogens with zero attached hydrogens (tertiary/aromatic N) is 2. The number of benzene rings is 4. The topological polar surface area (TPSA) is 100 Å². The molecular formula is C35H23FN2O4S2. The SMILES string of the molecule is N#Cc1sccc1-c1c(-c2cccc(-c3ccc(C(=O)O)cc3)c2)n(S(=O)(=O)c2ccc3c(c2)CCC3)c2ccc(F)cc12. The smallest absolute Gasteiger partial charge is 0.335 e. The van der Waals surface area contributed by atoms with Crippen LogP contribution in [0, 0.1) is 17.1 Å². The molecule has 0 bridgehead atoms. The molecule has 0 unspecified atom stereocenters. The van der Waals surface area contributed by atoms with Crippen molar-refractivity contribution in [3.05, 3.63) is 124 Å². The Labute approximate surface area is 256 Å². The lowest BCUT2D eigenvalue weighted by Crippen LogP contribution is -2.15. The normalized spacial score (nSPS) is 12.7. The van der Waals surface area contributed by atoms with Gasteiger partial charge >= 0.3 is 5.97 Å². The molecule has 2 aromatic heterocycles. The number of thiophene rings is 1. The van der Waals surface area contributed by atoms with Crippen LogP contribution in [0.1, 0.15) is 32.8 Å². The summed E-state index contributed by atoms with van der Waals surface area (Å²) >= 11 is 1.23. The van der Waals surface area contributed by atoms with Crippen LogP contribution in [0.2, 0.25) is 0 Å². The number of hydrogen-bond acceptors (Lipinski definition) is 5. The van der Waals surface area contributed by atoms with E-state index in [2.05, 4.69) is 6.07 Å². The van der Waals surface area contributed by atoms with Crippen LogP contribution >= 0.6 is 11.3 Å². The molecule has 1 aliphatic rings. The Balaban J connectivity index is 1.55. The Bertz CT molecular complexity index is 2280. The number of carboxylic acid groups (broad SMARTS) is 1. The number of halogens is 1. The number of aryl methyl sites for hydroxylation is 2. The fraction of sp³-hybridized carbons (Fsp3) is 0.0857. The van der Waals surface area contributed by atoms with Crippen LogP contribution < -0.4 is 0 Å². The molecular weight excluding hydrogens is 596 g/mol. The summed E-state index contributed by atoms with van der Waals surface area (Å²) < 4.78 is 45.5. The zero-order valence-electron chi connectivity index (χ0n) is 23.1. The van der Waals surface area contributed by atoms with E-state index in [0.29, 0.717) is 38.2 Å². The Morgan fingerprint density at radius 1 is 0.886 bits per heavy atom. The van der Waals surface area contributed by atoms with E-state index in [9.17, 15) is 28.0 Å². The molecule has 4 aromatic carbocycles. The molecule has 0 amide bonds. The van der Waals surface area contributed by atoms with Gasteiger partial charge in [-0.25, -0.2) is 21.6 Å². The van der Waals surface area contributed by atoms with Crippen LogP contribution in [0.4, 0.5) is 4.39 Å². The van der Waals surface area contributed by atoms with Gasteiger partial charge in [0.2, 0.25) is 0 Å². The van der Waals surface area contributed by atoms with Crippen molar-refractivity contribution < 1.29 is 22.7 Å². The van der Waals surface area contributed by atoms with Gasteiger partial charge in [-0.15, -0.1) is 11.3 Å². The molecule has 1 N–H and O–H groups in total. The van der Waals surface area contributed by atoms with E-state index in [1.54, 1.807) is 47.8 Å². The molecule has 216 valence electrons. The van der Waals surface area contributed by atoms with Gasteiger partial charge < -0.3 is 5.11 Å². The summed E-state index contributed by atoms with van der Waals surface area (Å²) in [4.78, 5) is 11.9. The fourth-order valence-corrected chi connectivity index (χ4v) is 8.36. The van der Waals surface area contributed by atoms with Gasteiger partial charge in [0.15, 0.2) is 0 Å². The second-order valence-electron chi connectivity index (χ2n) is 10.7. The predicted octanol–water partition coefficient (Wildman–Crippen LogP) is 8.14. The predicted molar refractivity (Wildman–Crippen MR) is 169 cm³/mol. The van der Waals surface area contributed by atoms with Crippen LogP contribution in [0.3, 0.4) is 0 Å². The summed E-state index contributed by atoms with van der Waals surface area (Å²) in [6, 6.07) is 26.9. The number of nitriles is 1. The number of fused-ring (bicyclic) bond motifs is 2. The molecule has 7 rings (SSSR count). The standard InChI is InChI=1S/C35H23FN2O4S2/c36-27-12-14-31-30(19-27)33(29-15-16-43-32(29)20-37)34(38(31)44(41,42)28-13-11-21-3-1-5-25(21)18-28)26-6-2-4-24(17-26)22-7-9-23(10-8-22)35(39)40/h2,4,6-19H,1,3,5H2,(H,39,40). The second-order valence-corrected chi connectivity index (χ2v) is 13.4. The third kappa shape index (κ3) is 4.51. The van der Waals surface area contributed by atoms with Gasteiger partial charge in [-0.2, -0.15) is 5.26 Å². The van der Waals surface area contributed by atoms with E-state index < -0.39 is 21.8 Å². The highest BCUT2D eigenvalue weighted by Crippen LogP contribution is 2.46. The van der Waals surface area contributed by atoms with Crippen molar-refractivity contribution in [3.63, 3.8) is 0 Å². The molecule has 1 aliphatic carbocycles. The summed E-state index contributed by atoms with van der Waals surface area (Å²) in [5.41, 5.74) is 5.87. The fourth-order valence-electron chi connectivity index (χ4n) is 6.08. The number of hydrogen-bond donors (Lipinski definition) is 1. The first-order chi connectivity index (χ1) is 21.3. The summed E-state index contributed by atoms with van der Waals surface area (Å²) in [6.07, 6.45) is 2.68. The maximum absolute atomic E-state index is 14.9. The van der Waals surface area contributed by atoms with Crippen molar-refractivity contribution in [1.82, 2.24) is 3.97 Å². The maximum atomic E-state index is 14.9. The van der Waals surface area contributed by atoms with Crippen molar-refractivity contribution in [2.45, 2.75) is 24.2 Å². The molecule has 0 radical (unpaired) electrons. The van der Waals surface area contributed by atoms with Crippen LogP contribution in [0.15, 0.2) is 101 Å². The highest BCUT2D eigenvalue weighted by atomic mass is 32.2. The monoisotopic (exact) mass is 618 g/mol. The Morgan fingerprint density at radius 3 is 2.43 bits per heavy atom. The molecule has 2 heterocycles. The third-order valence-corrected chi connectivity index (χ3v) is 10.7. The first-order valence-electron chi connectivity index (χ1n) is 13.9. The molecule has 0 saturated carbocycles. The minimum absolute atomic E-state index is 0.137. The van der Waals surface area contributed by atoms with Crippen molar-refractivity contribution in [3.8, 4) is 39.6 Å². The minimum Gasteiger partial charge on any atom is -0.478 e. The van der Waals surface area contributed by atoms with Crippen molar-refractivity contribution in [2.24, 2.45) is 0 Å². The van der Waals surface area contributed by atoms with Gasteiger partial charge in [-0.3, -0.25) is 0 Å². The van der Waals surface area contributed by atoms with E-state index >= 15 is 0 Å². The van der Waals surface area contributed by atoms with Gasteiger partial charge in [-0.1, -0.05) is 36.4 Å². The number of aromatic carboxylic acids is 1. The largest absolute Gasteiger partial charge is 0.478 e. The molecule has 0 saturated heterocycles. The lowest BCUT2D eigenvalue weighted by Gasteiger charge is -2.15. The Hall–Kier alpha value is -5.04. The van der Waals surface area contributed by atoms with E-state index in [1.165, 1.54) is 45.6 Å². The number of aromatic nitrogens is 1. The minimum atomic E-state index is -4.21. The number of carboxylic acids is 1. The van der Waals surface area contributed by atoms with Gasteiger partial charge in [0, 0.05) is 22.1 Å². The first-order valence-corrected chi connectivity index (χ1v) is 16.2. The molecule has 6 aromatic rings. The lowest BCUT2D eigenvalue weighted by atomic mass is 9.96. The molecule has 0 spiro atoms. The molecule has 0 fully saturated rings. The summed E-state index contributed by atoms with van der Waals surface area (Å²) in [6.45, 7) is 0. The summed E-state index contributed by atoms with van der Waals surface area (Å²) in [5, 5.41) is 21.4. The third-order valence-electron chi connectivity index (χ3n) is 8.13. The van der Waals surface area contributed by atoms with Crippen LogP contribution in [-0.2, 0) is 22.9 Å². The molecule has 0 aliphatic heterocycles. The second kappa shape index (κ2) is 10.6. The van der Waals surface area contributed by atoms with E-state index in [-0.39, 0.29) is 10.5 Å². The average molecular weight is 619 g/mol. The lowest BCUT2D eigenvalue weighted by molar-refractivity contribution is 0.0697. The number of carbonyl (C=O) groups is 1. The van der Waals surface area contributed by atoms with Crippen LogP contribution in [0.5, 0.6) is 0 Å². The Morgan fingerprint density at radius 2 is 1.66 bits per heavy atom. The van der Waals surface area contributed by atoms with Crippen molar-refractivity contribution in [2.75, 3.05) is 0 Å². The average Bonchev–Trinajstić information content (AvgIpc) is 3.77.